The molecule has 1 aromatic carbocycles. The fourth-order valence-corrected chi connectivity index (χ4v) is 1.63. The maximum absolute atomic E-state index is 12.0. The van der Waals surface area contributed by atoms with Gasteiger partial charge in [-0.1, -0.05) is 35.0 Å². The lowest BCUT2D eigenvalue weighted by Crippen LogP contribution is -2.44. The number of oxime groups is 1. The highest BCUT2D eigenvalue weighted by Gasteiger charge is 2.19. The van der Waals surface area contributed by atoms with Crippen LogP contribution in [0.15, 0.2) is 29.4 Å². The van der Waals surface area contributed by atoms with Gasteiger partial charge in [-0.2, -0.15) is 0 Å². The molecule has 0 bridgehead atoms. The molecule has 0 saturated carbocycles. The van der Waals surface area contributed by atoms with Crippen LogP contribution in [0.3, 0.4) is 0 Å². The van der Waals surface area contributed by atoms with Crippen molar-refractivity contribution < 1.29 is 10.0 Å². The summed E-state index contributed by atoms with van der Waals surface area (Å²) in [6.45, 7) is 1.68. The Kier molecular flexibility index (Phi) is 4.97. The molecule has 0 heterocycles. The molecule has 0 radical (unpaired) electrons. The van der Waals surface area contributed by atoms with Crippen LogP contribution in [0.25, 0.3) is 0 Å². The molecule has 1 amide bonds. The maximum Gasteiger partial charge on any atom is 0.227 e. The van der Waals surface area contributed by atoms with Gasteiger partial charge in [0.1, 0.15) is 0 Å². The second-order valence-corrected chi connectivity index (χ2v) is 4.38. The van der Waals surface area contributed by atoms with Gasteiger partial charge in [0.25, 0.3) is 0 Å². The molecule has 1 atom stereocenters. The second-order valence-electron chi connectivity index (χ2n) is 3.97. The molecule has 0 aromatic heterocycles. The zero-order valence-electron chi connectivity index (χ0n) is 10.3. The minimum absolute atomic E-state index is 0.00925. The van der Waals surface area contributed by atoms with Crippen LogP contribution in [0.1, 0.15) is 12.5 Å². The van der Waals surface area contributed by atoms with E-state index in [9.17, 15) is 4.79 Å². The van der Waals surface area contributed by atoms with E-state index in [0.717, 1.165) is 5.56 Å². The number of amidine groups is 1. The number of likely N-dealkylation sites (N-methyl/N-ethyl adjacent to an activating group) is 1. The van der Waals surface area contributed by atoms with Gasteiger partial charge in [-0.05, 0) is 18.6 Å². The number of hydrogen-bond donors (Lipinski definition) is 2. The van der Waals surface area contributed by atoms with Crippen molar-refractivity contribution in [3.63, 3.8) is 0 Å². The average Bonchev–Trinajstić information content (AvgIpc) is 2.38. The molecular formula is C12H16ClN3O2. The van der Waals surface area contributed by atoms with Gasteiger partial charge in [0.05, 0.1) is 12.5 Å². The highest BCUT2D eigenvalue weighted by atomic mass is 35.5. The molecule has 1 rings (SSSR count). The number of rotatable bonds is 4. The molecule has 6 heteroatoms. The van der Waals surface area contributed by atoms with Crippen molar-refractivity contribution in [1.82, 2.24) is 4.90 Å². The van der Waals surface area contributed by atoms with Gasteiger partial charge < -0.3 is 15.8 Å². The molecule has 0 spiro atoms. The maximum atomic E-state index is 12.0. The Bertz CT molecular complexity index is 462. The fourth-order valence-electron chi connectivity index (χ4n) is 1.43. The van der Waals surface area contributed by atoms with Crippen LogP contribution >= 0.6 is 11.6 Å². The van der Waals surface area contributed by atoms with Gasteiger partial charge in [0, 0.05) is 12.1 Å². The normalized spacial score (nSPS) is 13.2. The second kappa shape index (κ2) is 6.26. The van der Waals surface area contributed by atoms with Crippen LogP contribution < -0.4 is 5.73 Å². The molecule has 0 aliphatic heterocycles. The molecule has 0 aliphatic carbocycles. The van der Waals surface area contributed by atoms with Gasteiger partial charge in [0.15, 0.2) is 5.84 Å². The topological polar surface area (TPSA) is 78.9 Å². The summed E-state index contributed by atoms with van der Waals surface area (Å²) in [6, 6.07) is 6.69. The fraction of sp³-hybridized carbons (Fsp3) is 0.333. The number of carbonyl (C=O) groups excluding carboxylic acids is 1. The lowest BCUT2D eigenvalue weighted by atomic mass is 10.1. The van der Waals surface area contributed by atoms with E-state index >= 15 is 0 Å². The van der Waals surface area contributed by atoms with E-state index in [-0.39, 0.29) is 18.2 Å². The first-order chi connectivity index (χ1) is 8.47. The molecule has 1 unspecified atom stereocenters. The van der Waals surface area contributed by atoms with Gasteiger partial charge in [0.2, 0.25) is 5.91 Å². The lowest BCUT2D eigenvalue weighted by Gasteiger charge is -2.23. The van der Waals surface area contributed by atoms with Gasteiger partial charge in [-0.15, -0.1) is 0 Å². The quantitative estimate of drug-likeness (QED) is 0.376. The minimum atomic E-state index is -0.468. The third kappa shape index (κ3) is 3.37. The molecule has 0 saturated heterocycles. The zero-order chi connectivity index (χ0) is 13.7. The molecule has 98 valence electrons. The number of hydrogen-bond acceptors (Lipinski definition) is 3. The van der Waals surface area contributed by atoms with Crippen LogP contribution in [-0.2, 0) is 11.2 Å². The van der Waals surface area contributed by atoms with E-state index in [4.69, 9.17) is 22.5 Å². The standard InChI is InChI=1S/C12H16ClN3O2/c1-8(12(14)15-18)16(2)11(17)7-9-5-3-4-6-10(9)13/h3-6,8,18H,7H2,1-2H3,(H2,14,15). The van der Waals surface area contributed by atoms with Crippen molar-refractivity contribution in [3.05, 3.63) is 34.9 Å². The van der Waals surface area contributed by atoms with Gasteiger partial charge >= 0.3 is 0 Å². The Morgan fingerprint density at radius 1 is 1.56 bits per heavy atom. The first kappa shape index (κ1) is 14.3. The van der Waals surface area contributed by atoms with Crippen LogP contribution in [0, 0.1) is 0 Å². The third-order valence-corrected chi connectivity index (χ3v) is 3.19. The number of nitrogens with zero attached hydrogens (tertiary/aromatic N) is 2. The van der Waals surface area contributed by atoms with E-state index in [1.807, 2.05) is 6.07 Å². The van der Waals surface area contributed by atoms with Crippen molar-refractivity contribution in [3.8, 4) is 0 Å². The van der Waals surface area contributed by atoms with E-state index in [1.165, 1.54) is 4.90 Å². The van der Waals surface area contributed by atoms with Crippen LogP contribution in [0.4, 0.5) is 0 Å². The van der Waals surface area contributed by atoms with E-state index < -0.39 is 6.04 Å². The Morgan fingerprint density at radius 2 is 2.17 bits per heavy atom. The van der Waals surface area contributed by atoms with Crippen molar-refractivity contribution >= 4 is 23.3 Å². The van der Waals surface area contributed by atoms with Gasteiger partial charge in [-0.25, -0.2) is 0 Å². The molecule has 3 N–H and O–H groups in total. The monoisotopic (exact) mass is 269 g/mol. The summed E-state index contributed by atoms with van der Waals surface area (Å²) in [5.74, 6) is -0.160. The summed E-state index contributed by atoms with van der Waals surface area (Å²) in [5, 5.41) is 12.0. The summed E-state index contributed by atoms with van der Waals surface area (Å²) >= 11 is 5.98. The van der Waals surface area contributed by atoms with Crippen molar-refractivity contribution in [1.29, 1.82) is 0 Å². The van der Waals surface area contributed by atoms with Crippen LogP contribution in [0.2, 0.25) is 5.02 Å². The van der Waals surface area contributed by atoms with Crippen molar-refractivity contribution in [2.75, 3.05) is 7.05 Å². The number of benzene rings is 1. The molecule has 5 nitrogen and oxygen atoms in total. The Balaban J connectivity index is 2.75. The highest BCUT2D eigenvalue weighted by molar-refractivity contribution is 6.31. The van der Waals surface area contributed by atoms with E-state index in [2.05, 4.69) is 5.16 Å². The predicted octanol–water partition coefficient (Wildman–Crippen LogP) is 1.48. The highest BCUT2D eigenvalue weighted by Crippen LogP contribution is 2.16. The largest absolute Gasteiger partial charge is 0.409 e. The molecule has 0 fully saturated rings. The zero-order valence-corrected chi connectivity index (χ0v) is 11.1. The third-order valence-electron chi connectivity index (χ3n) is 2.82. The molecule has 1 aromatic rings. The van der Waals surface area contributed by atoms with Crippen LogP contribution in [0.5, 0.6) is 0 Å². The summed E-state index contributed by atoms with van der Waals surface area (Å²) in [7, 11) is 1.60. The number of halogens is 1. The van der Waals surface area contributed by atoms with Gasteiger partial charge in [-0.3, -0.25) is 4.79 Å². The first-order valence-corrected chi connectivity index (χ1v) is 5.81. The molecule has 18 heavy (non-hydrogen) atoms. The Labute approximate surface area is 111 Å². The Morgan fingerprint density at radius 3 is 2.72 bits per heavy atom. The first-order valence-electron chi connectivity index (χ1n) is 5.43. The summed E-state index contributed by atoms with van der Waals surface area (Å²) in [5.41, 5.74) is 6.21. The number of nitrogens with two attached hydrogens (primary N) is 1. The predicted molar refractivity (Wildman–Crippen MR) is 70.8 cm³/mol. The lowest BCUT2D eigenvalue weighted by molar-refractivity contribution is -0.129. The van der Waals surface area contributed by atoms with E-state index in [1.54, 1.807) is 32.2 Å². The molecular weight excluding hydrogens is 254 g/mol. The molecule has 0 aliphatic rings. The minimum Gasteiger partial charge on any atom is -0.409 e. The van der Waals surface area contributed by atoms with E-state index in [0.29, 0.717) is 5.02 Å². The SMILES string of the molecule is CC(C(N)=NO)N(C)C(=O)Cc1ccccc1Cl. The summed E-state index contributed by atoms with van der Waals surface area (Å²) < 4.78 is 0. The number of amides is 1. The summed E-state index contributed by atoms with van der Waals surface area (Å²) in [6.07, 6.45) is 0.180. The smallest absolute Gasteiger partial charge is 0.227 e. The average molecular weight is 270 g/mol. The Hall–Kier alpha value is -1.75. The van der Waals surface area contributed by atoms with Crippen molar-refractivity contribution in [2.45, 2.75) is 19.4 Å². The van der Waals surface area contributed by atoms with Crippen LogP contribution in [-0.4, -0.2) is 34.9 Å². The summed E-state index contributed by atoms with van der Waals surface area (Å²) in [4.78, 5) is 13.4. The number of carbonyl (C=O) groups is 1. The van der Waals surface area contributed by atoms with Crippen molar-refractivity contribution in [2.24, 2.45) is 10.9 Å².